The molecule has 1 aliphatic heterocycles. The van der Waals surface area contributed by atoms with Gasteiger partial charge in [-0.1, -0.05) is 0 Å². The summed E-state index contributed by atoms with van der Waals surface area (Å²) in [5.74, 6) is 1.40. The van der Waals surface area contributed by atoms with E-state index in [0.29, 0.717) is 42.8 Å². The quantitative estimate of drug-likeness (QED) is 0.366. The molecule has 3 aromatic rings. The van der Waals surface area contributed by atoms with E-state index in [0.717, 1.165) is 27.8 Å². The summed E-state index contributed by atoms with van der Waals surface area (Å²) in [6, 6.07) is 9.43. The molecule has 0 atom stereocenters. The molecule has 26 heavy (non-hydrogen) atoms. The SMILES string of the molecule is OCCCNC(=S)Nc1ccc2nc3cc4c(cc3nc2c1)OCCO4. The van der Waals surface area contributed by atoms with E-state index in [1.54, 1.807) is 0 Å². The van der Waals surface area contributed by atoms with Gasteiger partial charge in [0, 0.05) is 31.0 Å². The zero-order valence-corrected chi connectivity index (χ0v) is 14.8. The second-order valence-electron chi connectivity index (χ2n) is 5.87. The molecule has 0 fully saturated rings. The van der Waals surface area contributed by atoms with Crippen LogP contribution in [0.2, 0.25) is 0 Å². The van der Waals surface area contributed by atoms with Gasteiger partial charge in [-0.05, 0) is 36.8 Å². The summed E-state index contributed by atoms with van der Waals surface area (Å²) in [4.78, 5) is 9.36. The lowest BCUT2D eigenvalue weighted by Gasteiger charge is -2.18. The van der Waals surface area contributed by atoms with Crippen molar-refractivity contribution in [3.63, 3.8) is 0 Å². The summed E-state index contributed by atoms with van der Waals surface area (Å²) in [6.07, 6.45) is 0.646. The summed E-state index contributed by atoms with van der Waals surface area (Å²) >= 11 is 5.25. The van der Waals surface area contributed by atoms with Crippen LogP contribution in [0, 0.1) is 0 Å². The van der Waals surface area contributed by atoms with Gasteiger partial charge in [0.05, 0.1) is 22.1 Å². The third-order valence-electron chi connectivity index (χ3n) is 3.97. The Labute approximate surface area is 155 Å². The van der Waals surface area contributed by atoms with Crippen molar-refractivity contribution >= 4 is 45.1 Å². The molecule has 3 N–H and O–H groups in total. The number of aliphatic hydroxyl groups is 1. The van der Waals surface area contributed by atoms with E-state index in [2.05, 4.69) is 15.6 Å². The standard InChI is InChI=1S/C18H18N4O3S/c23-5-1-4-19-18(26)20-11-2-3-12-13(8-11)22-15-10-17-16(9-14(15)21-12)24-6-7-25-17/h2-3,8-10,23H,1,4-7H2,(H2,19,20,26). The van der Waals surface area contributed by atoms with E-state index in [4.69, 9.17) is 31.8 Å². The van der Waals surface area contributed by atoms with Gasteiger partial charge < -0.3 is 25.2 Å². The minimum Gasteiger partial charge on any atom is -0.486 e. The fourth-order valence-electron chi connectivity index (χ4n) is 2.75. The van der Waals surface area contributed by atoms with Crippen molar-refractivity contribution in [1.29, 1.82) is 0 Å². The molecule has 0 saturated heterocycles. The summed E-state index contributed by atoms with van der Waals surface area (Å²) in [7, 11) is 0. The Balaban J connectivity index is 1.62. The lowest BCUT2D eigenvalue weighted by atomic mass is 10.2. The van der Waals surface area contributed by atoms with Gasteiger partial charge in [-0.2, -0.15) is 0 Å². The predicted molar refractivity (Wildman–Crippen MR) is 104 cm³/mol. The number of fused-ring (bicyclic) bond motifs is 3. The van der Waals surface area contributed by atoms with Crippen LogP contribution in [-0.2, 0) is 0 Å². The number of hydrogen-bond donors (Lipinski definition) is 3. The molecular weight excluding hydrogens is 352 g/mol. The Morgan fingerprint density at radius 3 is 2.35 bits per heavy atom. The van der Waals surface area contributed by atoms with Gasteiger partial charge in [0.25, 0.3) is 0 Å². The van der Waals surface area contributed by atoms with Crippen LogP contribution in [-0.4, -0.2) is 46.6 Å². The minimum atomic E-state index is 0.132. The van der Waals surface area contributed by atoms with Gasteiger partial charge >= 0.3 is 0 Å². The smallest absolute Gasteiger partial charge is 0.170 e. The van der Waals surface area contributed by atoms with Crippen molar-refractivity contribution in [3.05, 3.63) is 30.3 Å². The number of aromatic nitrogens is 2. The monoisotopic (exact) mass is 370 g/mol. The molecule has 1 aliphatic rings. The van der Waals surface area contributed by atoms with Crippen LogP contribution >= 0.6 is 12.2 Å². The third kappa shape index (κ3) is 3.47. The first-order valence-corrected chi connectivity index (χ1v) is 8.80. The average molecular weight is 370 g/mol. The highest BCUT2D eigenvalue weighted by molar-refractivity contribution is 7.80. The second kappa shape index (κ2) is 7.27. The molecule has 7 nitrogen and oxygen atoms in total. The van der Waals surface area contributed by atoms with Crippen molar-refractivity contribution in [3.8, 4) is 11.5 Å². The fourth-order valence-corrected chi connectivity index (χ4v) is 2.97. The molecule has 0 bridgehead atoms. The molecule has 0 aliphatic carbocycles. The maximum Gasteiger partial charge on any atom is 0.170 e. The molecule has 0 amide bonds. The highest BCUT2D eigenvalue weighted by Gasteiger charge is 2.14. The summed E-state index contributed by atoms with van der Waals surface area (Å²) in [5.41, 5.74) is 3.90. The Hall–Kier alpha value is -2.71. The number of ether oxygens (including phenoxy) is 2. The van der Waals surface area contributed by atoms with Gasteiger partial charge in [0.1, 0.15) is 13.2 Å². The van der Waals surface area contributed by atoms with Crippen LogP contribution in [0.3, 0.4) is 0 Å². The van der Waals surface area contributed by atoms with Crippen LogP contribution in [0.5, 0.6) is 11.5 Å². The lowest BCUT2D eigenvalue weighted by Crippen LogP contribution is -2.29. The normalized spacial score (nSPS) is 13.0. The van der Waals surface area contributed by atoms with Crippen LogP contribution in [0.25, 0.3) is 22.1 Å². The minimum absolute atomic E-state index is 0.132. The lowest BCUT2D eigenvalue weighted by molar-refractivity contribution is 0.172. The Bertz CT molecular complexity index is 979. The number of nitrogens with zero attached hydrogens (tertiary/aromatic N) is 2. The first kappa shape index (κ1) is 16.7. The molecule has 2 heterocycles. The van der Waals surface area contributed by atoms with Gasteiger partial charge in [0.15, 0.2) is 16.6 Å². The number of rotatable bonds is 4. The topological polar surface area (TPSA) is 88.5 Å². The van der Waals surface area contributed by atoms with Crippen LogP contribution < -0.4 is 20.1 Å². The van der Waals surface area contributed by atoms with Crippen molar-refractivity contribution < 1.29 is 14.6 Å². The number of benzene rings is 2. The number of anilines is 1. The summed E-state index contributed by atoms with van der Waals surface area (Å²) in [5, 5.41) is 15.5. The van der Waals surface area contributed by atoms with Crippen molar-refractivity contribution in [2.75, 3.05) is 31.7 Å². The first-order valence-electron chi connectivity index (χ1n) is 8.40. The molecule has 4 rings (SSSR count). The second-order valence-corrected chi connectivity index (χ2v) is 6.28. The van der Waals surface area contributed by atoms with Gasteiger partial charge in [-0.15, -0.1) is 0 Å². The molecule has 0 spiro atoms. The molecule has 2 aromatic carbocycles. The van der Waals surface area contributed by atoms with Crippen molar-refractivity contribution in [1.82, 2.24) is 15.3 Å². The summed E-state index contributed by atoms with van der Waals surface area (Å²) in [6.45, 7) is 1.83. The highest BCUT2D eigenvalue weighted by atomic mass is 32.1. The van der Waals surface area contributed by atoms with E-state index in [9.17, 15) is 0 Å². The van der Waals surface area contributed by atoms with Crippen molar-refractivity contribution in [2.45, 2.75) is 6.42 Å². The highest BCUT2D eigenvalue weighted by Crippen LogP contribution is 2.34. The number of hydrogen-bond acceptors (Lipinski definition) is 6. The maximum absolute atomic E-state index is 8.81. The van der Waals surface area contributed by atoms with Crippen LogP contribution in [0.1, 0.15) is 6.42 Å². The van der Waals surface area contributed by atoms with E-state index in [-0.39, 0.29) is 6.61 Å². The van der Waals surface area contributed by atoms with E-state index < -0.39 is 0 Å². The fraction of sp³-hybridized carbons (Fsp3) is 0.278. The largest absolute Gasteiger partial charge is 0.486 e. The maximum atomic E-state index is 8.81. The van der Waals surface area contributed by atoms with Gasteiger partial charge in [-0.3, -0.25) is 0 Å². The van der Waals surface area contributed by atoms with E-state index in [1.807, 2.05) is 30.3 Å². The molecule has 134 valence electrons. The molecule has 8 heteroatoms. The van der Waals surface area contributed by atoms with E-state index >= 15 is 0 Å². The zero-order valence-electron chi connectivity index (χ0n) is 14.0. The molecule has 0 saturated carbocycles. The molecule has 1 aromatic heterocycles. The Morgan fingerprint density at radius 1 is 1.00 bits per heavy atom. The molecule has 0 unspecified atom stereocenters. The predicted octanol–water partition coefficient (Wildman–Crippen LogP) is 2.22. The van der Waals surface area contributed by atoms with Crippen molar-refractivity contribution in [2.24, 2.45) is 0 Å². The van der Waals surface area contributed by atoms with Crippen LogP contribution in [0.15, 0.2) is 30.3 Å². The summed E-state index contributed by atoms with van der Waals surface area (Å²) < 4.78 is 11.2. The number of thiocarbonyl (C=S) groups is 1. The number of nitrogens with one attached hydrogen (secondary N) is 2. The number of aliphatic hydroxyl groups excluding tert-OH is 1. The van der Waals surface area contributed by atoms with Gasteiger partial charge in [-0.25, -0.2) is 9.97 Å². The Morgan fingerprint density at radius 2 is 1.65 bits per heavy atom. The average Bonchev–Trinajstić information content (AvgIpc) is 2.65. The third-order valence-corrected chi connectivity index (χ3v) is 4.22. The molecule has 0 radical (unpaired) electrons. The molecular formula is C18H18N4O3S. The van der Waals surface area contributed by atoms with E-state index in [1.165, 1.54) is 0 Å². The first-order chi connectivity index (χ1) is 12.7. The zero-order chi connectivity index (χ0) is 17.9. The van der Waals surface area contributed by atoms with Gasteiger partial charge in [0.2, 0.25) is 0 Å². The Kier molecular flexibility index (Phi) is 4.68. The van der Waals surface area contributed by atoms with Crippen LogP contribution in [0.4, 0.5) is 5.69 Å².